The zero-order valence-corrected chi connectivity index (χ0v) is 23.5. The summed E-state index contributed by atoms with van der Waals surface area (Å²) in [6, 6.07) is 51.6. The minimum absolute atomic E-state index is 1.19. The summed E-state index contributed by atoms with van der Waals surface area (Å²) in [6.07, 6.45) is 0. The third-order valence-electron chi connectivity index (χ3n) is 9.15. The second kappa shape index (κ2) is 8.19. The molecule has 42 heavy (non-hydrogen) atoms. The normalized spacial score (nSPS) is 12.3. The van der Waals surface area contributed by atoms with E-state index in [-0.39, 0.29) is 0 Å². The molecule has 194 valence electrons. The summed E-state index contributed by atoms with van der Waals surface area (Å²) >= 11 is 1.90. The molecule has 2 aromatic heterocycles. The minimum Gasteiger partial charge on any atom is -0.308 e. The molecule has 2 heteroatoms. The van der Waals surface area contributed by atoms with Gasteiger partial charge in [0.1, 0.15) is 0 Å². The number of aromatic nitrogens is 1. The van der Waals surface area contributed by atoms with Crippen LogP contribution in [0.1, 0.15) is 0 Å². The molecule has 9 aromatic rings. The second-order valence-corrected chi connectivity index (χ2v) is 12.3. The Labute approximate surface area is 246 Å². The van der Waals surface area contributed by atoms with Crippen LogP contribution in [0, 0.1) is 0 Å². The molecule has 0 N–H and O–H groups in total. The van der Waals surface area contributed by atoms with Crippen molar-refractivity contribution in [3.63, 3.8) is 0 Å². The zero-order chi connectivity index (χ0) is 27.4. The van der Waals surface area contributed by atoms with Gasteiger partial charge in [-0.05, 0) is 74.5 Å². The van der Waals surface area contributed by atoms with Crippen molar-refractivity contribution in [2.75, 3.05) is 0 Å². The summed E-state index contributed by atoms with van der Waals surface area (Å²) in [4.78, 5) is 0. The van der Waals surface area contributed by atoms with Gasteiger partial charge < -0.3 is 4.57 Å². The first-order chi connectivity index (χ1) is 20.8. The summed E-state index contributed by atoms with van der Waals surface area (Å²) in [7, 11) is 0. The van der Waals surface area contributed by atoms with Gasteiger partial charge in [0, 0.05) is 31.9 Å². The number of hydrogen-bond acceptors (Lipinski definition) is 1. The molecule has 0 atom stereocenters. The van der Waals surface area contributed by atoms with Crippen molar-refractivity contribution >= 4 is 64.1 Å². The molecule has 0 unspecified atom stereocenters. The predicted octanol–water partition coefficient (Wildman–Crippen LogP) is 11.6. The lowest BCUT2D eigenvalue weighted by Gasteiger charge is -2.11. The molecule has 0 radical (unpaired) electrons. The predicted molar refractivity (Wildman–Crippen MR) is 181 cm³/mol. The van der Waals surface area contributed by atoms with Crippen molar-refractivity contribution in [2.24, 2.45) is 0 Å². The van der Waals surface area contributed by atoms with Crippen LogP contribution in [0.2, 0.25) is 0 Å². The standard InChI is InChI=1S/C40H23NS/c1-2-9-25(10-3-1)41-36-22-17-24(23-35(36)33-20-21-34-29-13-6-7-16-37(29)42-40(34)39(33)41)26-18-19-32-28-12-5-4-11-27(28)31-15-8-14-30(26)38(31)32/h1-23H. The van der Waals surface area contributed by atoms with E-state index < -0.39 is 0 Å². The fourth-order valence-corrected chi connectivity index (χ4v) is 8.59. The highest BCUT2D eigenvalue weighted by atomic mass is 32.1. The topological polar surface area (TPSA) is 4.93 Å². The minimum atomic E-state index is 1.19. The molecule has 1 nitrogen and oxygen atoms in total. The van der Waals surface area contributed by atoms with Gasteiger partial charge in [-0.3, -0.25) is 0 Å². The molecule has 10 rings (SSSR count). The molecule has 0 spiro atoms. The Morgan fingerprint density at radius 2 is 1.12 bits per heavy atom. The Kier molecular flexibility index (Phi) is 4.39. The van der Waals surface area contributed by atoms with Gasteiger partial charge in [-0.2, -0.15) is 0 Å². The van der Waals surface area contributed by atoms with E-state index in [0.717, 1.165) is 0 Å². The van der Waals surface area contributed by atoms with Crippen molar-refractivity contribution in [3.05, 3.63) is 140 Å². The van der Waals surface area contributed by atoms with Crippen molar-refractivity contribution < 1.29 is 0 Å². The molecule has 0 amide bonds. The molecule has 1 aliphatic rings. The largest absolute Gasteiger partial charge is 0.308 e. The highest BCUT2D eigenvalue weighted by molar-refractivity contribution is 7.26. The van der Waals surface area contributed by atoms with Crippen LogP contribution in [0.3, 0.4) is 0 Å². The molecule has 7 aromatic carbocycles. The Morgan fingerprint density at radius 3 is 2.00 bits per heavy atom. The molecule has 1 aliphatic carbocycles. The number of rotatable bonds is 2. The van der Waals surface area contributed by atoms with E-state index in [4.69, 9.17) is 0 Å². The molecular formula is C40H23NS. The first-order valence-corrected chi connectivity index (χ1v) is 15.3. The number of thiophene rings is 1. The Balaban J connectivity index is 1.29. The molecule has 0 fully saturated rings. The Morgan fingerprint density at radius 1 is 0.429 bits per heavy atom. The Bertz CT molecular complexity index is 2530. The lowest BCUT2D eigenvalue weighted by atomic mass is 9.93. The maximum absolute atomic E-state index is 2.47. The second-order valence-electron chi connectivity index (χ2n) is 11.3. The van der Waals surface area contributed by atoms with Crippen LogP contribution in [-0.4, -0.2) is 4.57 Å². The third kappa shape index (κ3) is 2.87. The van der Waals surface area contributed by atoms with Crippen LogP contribution in [0.15, 0.2) is 140 Å². The molecule has 2 heterocycles. The fourth-order valence-electron chi connectivity index (χ4n) is 7.35. The first kappa shape index (κ1) is 22.5. The molecule has 0 saturated heterocycles. The van der Waals surface area contributed by atoms with E-state index in [1.807, 2.05) is 11.3 Å². The van der Waals surface area contributed by atoms with Gasteiger partial charge >= 0.3 is 0 Å². The van der Waals surface area contributed by atoms with Crippen molar-refractivity contribution in [1.29, 1.82) is 0 Å². The van der Waals surface area contributed by atoms with E-state index in [9.17, 15) is 0 Å². The number of hydrogen-bond donors (Lipinski definition) is 0. The monoisotopic (exact) mass is 549 g/mol. The number of fused-ring (bicyclic) bond motifs is 10. The molecule has 0 bridgehead atoms. The maximum Gasteiger partial charge on any atom is 0.0719 e. The summed E-state index contributed by atoms with van der Waals surface area (Å²) in [5.41, 5.74) is 11.6. The lowest BCUT2D eigenvalue weighted by molar-refractivity contribution is 1.19. The summed E-state index contributed by atoms with van der Waals surface area (Å²) in [6.45, 7) is 0. The van der Waals surface area contributed by atoms with Gasteiger partial charge in [-0.25, -0.2) is 0 Å². The average Bonchev–Trinajstić information content (AvgIpc) is 3.70. The number of nitrogens with zero attached hydrogens (tertiary/aromatic N) is 1. The van der Waals surface area contributed by atoms with Crippen LogP contribution in [-0.2, 0) is 0 Å². The highest BCUT2D eigenvalue weighted by Crippen LogP contribution is 2.50. The van der Waals surface area contributed by atoms with Crippen molar-refractivity contribution in [3.8, 4) is 39.1 Å². The maximum atomic E-state index is 2.47. The summed E-state index contributed by atoms with van der Waals surface area (Å²) in [5, 5.41) is 7.94. The molecule has 0 saturated carbocycles. The summed E-state index contributed by atoms with van der Waals surface area (Å²) < 4.78 is 5.15. The number of benzene rings is 7. The van der Waals surface area contributed by atoms with Crippen LogP contribution in [0.25, 0.3) is 91.8 Å². The van der Waals surface area contributed by atoms with Crippen molar-refractivity contribution in [2.45, 2.75) is 0 Å². The van der Waals surface area contributed by atoms with Crippen molar-refractivity contribution in [1.82, 2.24) is 4.57 Å². The van der Waals surface area contributed by atoms with E-state index >= 15 is 0 Å². The van der Waals surface area contributed by atoms with E-state index in [1.54, 1.807) is 0 Å². The van der Waals surface area contributed by atoms with Crippen LogP contribution in [0.4, 0.5) is 0 Å². The van der Waals surface area contributed by atoms with Crippen LogP contribution in [0.5, 0.6) is 0 Å². The van der Waals surface area contributed by atoms with E-state index in [2.05, 4.69) is 144 Å². The van der Waals surface area contributed by atoms with Gasteiger partial charge in [-0.1, -0.05) is 109 Å². The smallest absolute Gasteiger partial charge is 0.0719 e. The average molecular weight is 550 g/mol. The van der Waals surface area contributed by atoms with E-state index in [1.165, 1.54) is 91.8 Å². The van der Waals surface area contributed by atoms with Gasteiger partial charge in [0.25, 0.3) is 0 Å². The highest BCUT2D eigenvalue weighted by Gasteiger charge is 2.23. The number of para-hydroxylation sites is 1. The molecule has 0 aliphatic heterocycles. The fraction of sp³-hybridized carbons (Fsp3) is 0. The summed E-state index contributed by atoms with van der Waals surface area (Å²) in [5.74, 6) is 0. The van der Waals surface area contributed by atoms with Gasteiger partial charge in [0.05, 0.1) is 15.7 Å². The van der Waals surface area contributed by atoms with Crippen LogP contribution < -0.4 is 0 Å². The first-order valence-electron chi connectivity index (χ1n) is 14.4. The quantitative estimate of drug-likeness (QED) is 0.202. The van der Waals surface area contributed by atoms with Crippen LogP contribution >= 0.6 is 11.3 Å². The van der Waals surface area contributed by atoms with Gasteiger partial charge in [0.2, 0.25) is 0 Å². The lowest BCUT2D eigenvalue weighted by Crippen LogP contribution is -1.93. The SMILES string of the molecule is c1ccc(-n2c3ccc(-c4ccc5c6c(cccc46)-c4ccccc4-5)cc3c3ccc4c5ccccc5sc4c32)cc1. The van der Waals surface area contributed by atoms with Gasteiger partial charge in [0.15, 0.2) is 0 Å². The zero-order valence-electron chi connectivity index (χ0n) is 22.6. The molecular weight excluding hydrogens is 527 g/mol. The Hall–Kier alpha value is -5.18. The third-order valence-corrected chi connectivity index (χ3v) is 10.3. The van der Waals surface area contributed by atoms with Gasteiger partial charge in [-0.15, -0.1) is 11.3 Å². The van der Waals surface area contributed by atoms with E-state index in [0.29, 0.717) is 0 Å².